The van der Waals surface area contributed by atoms with E-state index in [1.165, 1.54) is 39.9 Å². The molecule has 26 heteroatoms. The summed E-state index contributed by atoms with van der Waals surface area (Å²) >= 11 is 0. The second kappa shape index (κ2) is 54.6. The number of nitrogens with two attached hydrogens (primary N) is 1. The van der Waals surface area contributed by atoms with Crippen LogP contribution in [-0.4, -0.2) is 153 Å². The van der Waals surface area contributed by atoms with E-state index < -0.39 is 58.2 Å². The van der Waals surface area contributed by atoms with Gasteiger partial charge in [-0.15, -0.1) is 24.0 Å². The number of aliphatic carboxylic acids is 3. The summed E-state index contributed by atoms with van der Waals surface area (Å²) in [4.78, 5) is 99.0. The minimum atomic E-state index is -3.87. The molecule has 23 nitrogen and oxygen atoms in total. The Morgan fingerprint density at radius 2 is 1.14 bits per heavy atom. The van der Waals surface area contributed by atoms with Gasteiger partial charge in [-0.1, -0.05) is 22.3 Å². The van der Waals surface area contributed by atoms with Crippen LogP contribution in [0.3, 0.4) is 0 Å². The maximum absolute atomic E-state index is 10.4. The van der Waals surface area contributed by atoms with E-state index in [2.05, 4.69) is 23.0 Å². The van der Waals surface area contributed by atoms with Gasteiger partial charge in [0.2, 0.25) is 11.8 Å². The molecular formula is C23H61IN5O18P2+3. The first-order chi connectivity index (χ1) is 20.3. The average Bonchev–Trinajstić information content (AvgIpc) is 2.85. The molecule has 49 heavy (non-hydrogen) atoms. The zero-order valence-corrected chi connectivity index (χ0v) is 30.5. The molecule has 15 N–H and O–H groups in total. The molecule has 0 aliphatic carbocycles. The van der Waals surface area contributed by atoms with Crippen LogP contribution in [0, 0.1) is 6.65 Å². The summed E-state index contributed by atoms with van der Waals surface area (Å²) in [6.45, 7) is 9.56. The van der Waals surface area contributed by atoms with Crippen molar-refractivity contribution in [1.29, 1.82) is 0 Å². The molecule has 0 fully saturated rings. The molecule has 0 saturated carbocycles. The third-order valence-electron chi connectivity index (χ3n) is 2.71. The van der Waals surface area contributed by atoms with Gasteiger partial charge in [0, 0.05) is 39.7 Å². The van der Waals surface area contributed by atoms with Gasteiger partial charge in [-0.05, 0) is 14.1 Å². The molecule has 0 radical (unpaired) electrons. The van der Waals surface area contributed by atoms with E-state index in [-0.39, 0.29) is 71.2 Å². The predicted octanol–water partition coefficient (Wildman–Crippen LogP) is -2.16. The number of hydrogen-bond donors (Lipinski definition) is 8. The number of nitrogens with zero attached hydrogens (tertiary/aromatic N) is 2. The second-order valence-electron chi connectivity index (χ2n) is 7.05. The monoisotopic (exact) mass is 884 g/mol. The van der Waals surface area contributed by atoms with Crippen molar-refractivity contribution < 1.29 is 87.3 Å². The summed E-state index contributed by atoms with van der Waals surface area (Å²) in [7, 11) is -1.76. The third kappa shape index (κ3) is 157. The normalized spacial score (nSPS) is 10.0. The number of likely N-dealkylation sites (N-methyl/N-ethyl adjacent to an activating group) is 2. The fourth-order valence-electron chi connectivity index (χ4n) is 1.25. The van der Waals surface area contributed by atoms with Crippen molar-refractivity contribution in [2.45, 2.75) is 43.1 Å². The Labute approximate surface area is 304 Å². The first kappa shape index (κ1) is 80.7. The molecule has 300 valence electrons. The molecule has 2 atom stereocenters. The molecule has 0 rings (SSSR count). The van der Waals surface area contributed by atoms with Crippen molar-refractivity contribution in [3.05, 3.63) is 6.65 Å². The Morgan fingerprint density at radius 1 is 0.837 bits per heavy atom. The summed E-state index contributed by atoms with van der Waals surface area (Å²) in [5, 5.41) is 34.6. The molecule has 0 aliphatic rings. The topological polar surface area (TPSA) is 400 Å². The standard InChI is InChI=1S/C5H9NO3.C4H10NO5P.C3H8NO5P.C3H7NO.C2H4O2.CH5N.CH2O.CO.3CH4.HI/c1-4(7)6(2)3-5(8)9;1-5(2-4(6)7)3-11(8,9)10;5-3(6)1-4-2-10(7,8)9;1-3(5)4-2;1-2(3)4;3*1-2;;;;/h3H2,1-2H3,(H,8,9);2-3H2,1H3,(H,6,7)(H2,8,9,10);4H,1-2H2,(H,5,6)(H2,7,8,9);1-2H3,(H,4,5);1H3,(H,3,4);2H2,1H3;1H2;;3*1H4;1H/p+3. The van der Waals surface area contributed by atoms with Crippen molar-refractivity contribution in [3.63, 3.8) is 0 Å². The zero-order chi connectivity index (χ0) is 38.6. The van der Waals surface area contributed by atoms with E-state index in [0.717, 1.165) is 11.8 Å². The summed E-state index contributed by atoms with van der Waals surface area (Å²) in [5.74, 6) is -3.97. The van der Waals surface area contributed by atoms with Gasteiger partial charge in [-0.3, -0.25) is 44.0 Å². The van der Waals surface area contributed by atoms with Gasteiger partial charge in [0.15, 0.2) is 12.8 Å². The van der Waals surface area contributed by atoms with Gasteiger partial charge in [-0.2, -0.15) is 0 Å². The SMILES string of the molecule is C.C.C.C=O.CC(=O)N(C)CC(=O)[OH2+].CC(=O)O.CN.CN(CC(=O)O)CP(=O)(O)[OH2+].CNC(C)=O.I.O=C(O)CNCP(=O)(O)[OH2+].[C-]#[O+]. The number of carbonyl (C=O) groups is 7. The molecule has 0 saturated heterocycles. The van der Waals surface area contributed by atoms with Crippen LogP contribution in [0.2, 0.25) is 0 Å². The number of rotatable bonds is 10. The number of amides is 2. The summed E-state index contributed by atoms with van der Waals surface area (Å²) in [6.07, 6.45) is -0.904. The molecule has 0 aromatic rings. The van der Waals surface area contributed by atoms with Crippen LogP contribution < -0.4 is 16.4 Å². The number of halogens is 1. The van der Waals surface area contributed by atoms with Gasteiger partial charge in [-0.25, -0.2) is 9.13 Å². The average molecular weight is 885 g/mol. The molecule has 0 aliphatic heterocycles. The number of carboxylic acid groups (broad SMARTS) is 3. The van der Waals surface area contributed by atoms with Crippen molar-refractivity contribution in [3.8, 4) is 0 Å². The van der Waals surface area contributed by atoms with Crippen molar-refractivity contribution >= 4 is 81.6 Å². The Morgan fingerprint density at radius 3 is 1.29 bits per heavy atom. The van der Waals surface area contributed by atoms with Crippen LogP contribution in [0.5, 0.6) is 0 Å². The first-order valence-electron chi connectivity index (χ1n) is 11.1. The van der Waals surface area contributed by atoms with Gasteiger partial charge >= 0.3 is 44.4 Å². The summed E-state index contributed by atoms with van der Waals surface area (Å²) < 4.78 is 28.1. The Hall–Kier alpha value is -2.86. The predicted molar refractivity (Wildman–Crippen MR) is 194 cm³/mol. The molecule has 0 bridgehead atoms. The van der Waals surface area contributed by atoms with E-state index in [9.17, 15) is 33.1 Å². The van der Waals surface area contributed by atoms with Crippen LogP contribution in [-0.2, 0) is 47.3 Å². The van der Waals surface area contributed by atoms with E-state index in [1.807, 2.05) is 6.79 Å². The minimum absolute atomic E-state index is 0. The molecule has 0 aromatic carbocycles. The summed E-state index contributed by atoms with van der Waals surface area (Å²) in [5.41, 5.74) is 4.50. The molecule has 0 aromatic heterocycles. The molecule has 2 unspecified atom stereocenters. The van der Waals surface area contributed by atoms with Crippen molar-refractivity contribution in [2.75, 3.05) is 60.4 Å². The van der Waals surface area contributed by atoms with E-state index >= 15 is 0 Å². The van der Waals surface area contributed by atoms with Crippen LogP contribution >= 0.6 is 39.2 Å². The Balaban J connectivity index is -0.0000000339. The van der Waals surface area contributed by atoms with Gasteiger partial charge in [0.25, 0.3) is 5.97 Å². The van der Waals surface area contributed by atoms with Gasteiger partial charge < -0.3 is 51.0 Å². The van der Waals surface area contributed by atoms with Crippen LogP contribution in [0.25, 0.3) is 0 Å². The van der Waals surface area contributed by atoms with E-state index in [4.69, 9.17) is 54.2 Å². The van der Waals surface area contributed by atoms with Gasteiger partial charge in [0.1, 0.15) is 13.1 Å². The zero-order valence-electron chi connectivity index (χ0n) is 26.3. The second-order valence-corrected chi connectivity index (χ2v) is 10.5. The quantitative estimate of drug-likeness (QED) is 0.0501. The Kier molecular flexibility index (Phi) is 89.9. The number of carbonyl (C=O) groups excluding carboxylic acids is 4. The van der Waals surface area contributed by atoms with Gasteiger partial charge in [0.05, 0.1) is 13.1 Å². The fraction of sp³-hybridized carbons (Fsp3) is 0.652. The molecular weight excluding hydrogens is 823 g/mol. The van der Waals surface area contributed by atoms with Crippen LogP contribution in [0.15, 0.2) is 0 Å². The fourth-order valence-corrected chi connectivity index (χ4v) is 2.42. The molecule has 0 spiro atoms. The van der Waals surface area contributed by atoms with E-state index in [0.29, 0.717) is 0 Å². The van der Waals surface area contributed by atoms with Crippen molar-refractivity contribution in [2.24, 2.45) is 5.73 Å². The number of hydrogen-bond acceptors (Lipinski definition) is 12. The van der Waals surface area contributed by atoms with Crippen molar-refractivity contribution in [1.82, 2.24) is 20.4 Å². The molecule has 2 amide bonds. The third-order valence-corrected chi connectivity index (χ3v) is 4.23. The Bertz CT molecular complexity index is 929. The maximum atomic E-state index is 10.4. The number of nitrogens with one attached hydrogen (secondary N) is 2. The summed E-state index contributed by atoms with van der Waals surface area (Å²) in [6, 6.07) is 0. The molecule has 0 heterocycles. The van der Waals surface area contributed by atoms with E-state index in [1.54, 1.807) is 7.05 Å². The first-order valence-corrected chi connectivity index (χ1v) is 14.8. The van der Waals surface area contributed by atoms with Crippen LogP contribution in [0.1, 0.15) is 43.1 Å². The van der Waals surface area contributed by atoms with Crippen LogP contribution in [0.4, 0.5) is 0 Å². The number of carboxylic acids is 3.